The summed E-state index contributed by atoms with van der Waals surface area (Å²) in [5, 5.41) is 2.71. The second-order valence-corrected chi connectivity index (χ2v) is 12.4. The molecule has 0 bridgehead atoms. The van der Waals surface area contributed by atoms with E-state index in [4.69, 9.17) is 9.72 Å². The Morgan fingerprint density at radius 3 is 2.57 bits per heavy atom. The van der Waals surface area contributed by atoms with Crippen molar-refractivity contribution in [1.82, 2.24) is 9.71 Å². The van der Waals surface area contributed by atoms with Gasteiger partial charge in [-0.1, -0.05) is 71.3 Å². The van der Waals surface area contributed by atoms with Crippen molar-refractivity contribution in [1.29, 1.82) is 0 Å². The molecule has 3 aromatic rings. The van der Waals surface area contributed by atoms with Crippen LogP contribution in [0.5, 0.6) is 0 Å². The number of aromatic nitrogens is 1. The topological polar surface area (TPSA) is 51.2 Å². The smallest absolute Gasteiger partial charge is 0.367 e. The summed E-state index contributed by atoms with van der Waals surface area (Å²) in [6.45, 7) is 10.9. The van der Waals surface area contributed by atoms with Gasteiger partial charge in [0.1, 0.15) is 0 Å². The Kier molecular flexibility index (Phi) is 8.05. The van der Waals surface area contributed by atoms with Crippen molar-refractivity contribution >= 4 is 38.2 Å². The van der Waals surface area contributed by atoms with E-state index in [1.807, 2.05) is 25.1 Å². The van der Waals surface area contributed by atoms with Crippen molar-refractivity contribution < 1.29 is 9.53 Å². The van der Waals surface area contributed by atoms with Crippen molar-refractivity contribution in [2.75, 3.05) is 6.61 Å². The molecule has 4 nitrogen and oxygen atoms in total. The molecule has 0 radical (unpaired) electrons. The number of nitrogens with zero attached hydrogens (tertiary/aromatic N) is 1. The van der Waals surface area contributed by atoms with E-state index in [1.54, 1.807) is 0 Å². The molecule has 6 heteroatoms. The van der Waals surface area contributed by atoms with Gasteiger partial charge in [0.15, 0.2) is 0 Å². The molecule has 2 atom stereocenters. The third kappa shape index (κ3) is 6.00. The lowest BCUT2D eigenvalue weighted by molar-refractivity contribution is 0.0525. The Labute approximate surface area is 215 Å². The second kappa shape index (κ2) is 11.0. The summed E-state index contributed by atoms with van der Waals surface area (Å²) in [5.41, 5.74) is 4.74. The van der Waals surface area contributed by atoms with Crippen molar-refractivity contribution in [2.45, 2.75) is 58.9 Å². The fourth-order valence-electron chi connectivity index (χ4n) is 4.35. The van der Waals surface area contributed by atoms with Gasteiger partial charge in [0.05, 0.1) is 12.3 Å². The number of thiazole rings is 1. The molecule has 1 aliphatic rings. The minimum Gasteiger partial charge on any atom is -0.461 e. The van der Waals surface area contributed by atoms with E-state index in [9.17, 15) is 4.79 Å². The zero-order valence-corrected chi connectivity index (χ0v) is 22.8. The number of nitrogens with one attached hydrogen (secondary N) is 1. The van der Waals surface area contributed by atoms with Gasteiger partial charge in [-0.05, 0) is 63.1 Å². The average molecular weight is 507 g/mol. The lowest BCUT2D eigenvalue weighted by atomic mass is 9.85. The predicted octanol–water partition coefficient (Wildman–Crippen LogP) is 7.18. The van der Waals surface area contributed by atoms with Gasteiger partial charge in [0.2, 0.25) is 5.01 Å². The number of esters is 1. The van der Waals surface area contributed by atoms with Crippen LogP contribution in [0.25, 0.3) is 4.91 Å². The summed E-state index contributed by atoms with van der Waals surface area (Å²) in [5.74, 6) is -0.179. The summed E-state index contributed by atoms with van der Waals surface area (Å²) in [6, 6.07) is 19.0. The number of carbonyl (C=O) groups is 1. The Balaban J connectivity index is 1.77. The van der Waals surface area contributed by atoms with Crippen LogP contribution < -0.4 is 4.72 Å². The van der Waals surface area contributed by atoms with Crippen LogP contribution in [0.4, 0.5) is 0 Å². The quantitative estimate of drug-likeness (QED) is 0.272. The van der Waals surface area contributed by atoms with Gasteiger partial charge in [-0.15, -0.1) is 11.3 Å². The van der Waals surface area contributed by atoms with Gasteiger partial charge in [0.25, 0.3) is 0 Å². The fraction of sp³-hybridized carbons (Fsp3) is 0.345. The van der Waals surface area contributed by atoms with Gasteiger partial charge in [-0.3, -0.25) is 4.72 Å². The Morgan fingerprint density at radius 1 is 1.17 bits per heavy atom. The third-order valence-corrected chi connectivity index (χ3v) is 9.09. The van der Waals surface area contributed by atoms with Crippen molar-refractivity contribution in [3.8, 4) is 0 Å². The summed E-state index contributed by atoms with van der Waals surface area (Å²) < 4.78 is 9.08. The first-order valence-corrected chi connectivity index (χ1v) is 14.2. The average Bonchev–Trinajstić information content (AvgIpc) is 3.26. The maximum Gasteiger partial charge on any atom is 0.367 e. The van der Waals surface area contributed by atoms with Crippen LogP contribution in [0.3, 0.4) is 0 Å². The molecule has 0 amide bonds. The van der Waals surface area contributed by atoms with Crippen LogP contribution in [0.2, 0.25) is 0 Å². The highest BCUT2D eigenvalue weighted by atomic mass is 32.2. The van der Waals surface area contributed by atoms with E-state index in [0.29, 0.717) is 18.0 Å². The summed E-state index contributed by atoms with van der Waals surface area (Å²) in [4.78, 5) is 19.9. The molecule has 35 heavy (non-hydrogen) atoms. The maximum atomic E-state index is 12.6. The number of ether oxygens (including phenoxy) is 1. The zero-order valence-electron chi connectivity index (χ0n) is 21.1. The van der Waals surface area contributed by atoms with E-state index in [0.717, 1.165) is 17.0 Å². The molecule has 1 N–H and O–H groups in total. The van der Waals surface area contributed by atoms with Crippen LogP contribution in [-0.4, -0.2) is 28.5 Å². The summed E-state index contributed by atoms with van der Waals surface area (Å²) in [7, 11) is -0.162. The lowest BCUT2D eigenvalue weighted by Gasteiger charge is -2.30. The maximum absolute atomic E-state index is 12.6. The van der Waals surface area contributed by atoms with E-state index < -0.39 is 0 Å². The number of benzene rings is 2. The summed E-state index contributed by atoms with van der Waals surface area (Å²) in [6.07, 6.45) is 3.95. The Bertz CT molecular complexity index is 1250. The Morgan fingerprint density at radius 2 is 1.89 bits per heavy atom. The molecule has 184 valence electrons. The first-order chi connectivity index (χ1) is 16.8. The highest BCUT2D eigenvalue weighted by Gasteiger charge is 2.30. The number of rotatable bonds is 7. The van der Waals surface area contributed by atoms with Gasteiger partial charge in [0, 0.05) is 27.7 Å². The SMILES string of the molecule is C/C=S(/NC(C)(C)C)C1=CCC(c2sc(C(=O)OCC)nc2Cc2ccccc2)c2ccccc21. The second-order valence-electron chi connectivity index (χ2n) is 9.58. The minimum atomic E-state index is -0.338. The van der Waals surface area contributed by atoms with Gasteiger partial charge in [-0.2, -0.15) is 0 Å². The van der Waals surface area contributed by atoms with Crippen LogP contribution in [-0.2, 0) is 11.2 Å². The van der Waals surface area contributed by atoms with Crippen LogP contribution in [0.15, 0.2) is 60.7 Å². The van der Waals surface area contributed by atoms with E-state index in [1.165, 1.54) is 32.9 Å². The number of allylic oxidation sites excluding steroid dienone is 1. The van der Waals surface area contributed by atoms with E-state index in [2.05, 4.69) is 80.3 Å². The highest BCUT2D eigenvalue weighted by Crippen LogP contribution is 2.47. The largest absolute Gasteiger partial charge is 0.461 e. The van der Waals surface area contributed by atoms with Gasteiger partial charge >= 0.3 is 5.97 Å². The Hall–Kier alpha value is -2.54. The zero-order chi connectivity index (χ0) is 25.0. The molecule has 0 saturated heterocycles. The predicted molar refractivity (Wildman–Crippen MR) is 150 cm³/mol. The summed E-state index contributed by atoms with van der Waals surface area (Å²) >= 11 is 1.49. The minimum absolute atomic E-state index is 0.0112. The lowest BCUT2D eigenvalue weighted by Crippen LogP contribution is -2.32. The van der Waals surface area contributed by atoms with E-state index >= 15 is 0 Å². The molecule has 1 heterocycles. The number of fused-ring (bicyclic) bond motifs is 1. The normalized spacial score (nSPS) is 16.5. The molecular formula is C29H34N2O2S2. The molecule has 0 saturated carbocycles. The van der Waals surface area contributed by atoms with Crippen molar-refractivity contribution in [3.05, 3.63) is 92.9 Å². The molecule has 0 fully saturated rings. The van der Waals surface area contributed by atoms with Crippen LogP contribution >= 0.6 is 22.0 Å². The van der Waals surface area contributed by atoms with Crippen LogP contribution in [0.1, 0.15) is 84.0 Å². The molecule has 0 aliphatic heterocycles. The molecule has 1 aliphatic carbocycles. The van der Waals surface area contributed by atoms with Crippen molar-refractivity contribution in [3.63, 3.8) is 0 Å². The van der Waals surface area contributed by atoms with Crippen LogP contribution in [0, 0.1) is 0 Å². The molecule has 1 aromatic heterocycles. The number of hydrogen-bond donors (Lipinski definition) is 1. The standard InChI is InChI=1S/C29H34N2O2S2/c1-6-33-28(32)27-30-24(19-20-13-9-8-10-14-20)26(34-27)23-17-18-25(22-16-12-11-15-21(22)23)35(7-2)31-29(3,4)5/h7-16,18,23,31H,6,17,19H2,1-5H3. The molecular weight excluding hydrogens is 472 g/mol. The van der Waals surface area contributed by atoms with Crippen molar-refractivity contribution in [2.24, 2.45) is 0 Å². The molecule has 2 unspecified atom stereocenters. The first-order valence-electron chi connectivity index (χ1n) is 12.1. The number of carbonyl (C=O) groups excluding carboxylic acids is 1. The number of hydrogen-bond acceptors (Lipinski definition) is 5. The van der Waals surface area contributed by atoms with E-state index in [-0.39, 0.29) is 28.1 Å². The highest BCUT2D eigenvalue weighted by molar-refractivity contribution is 8.21. The monoisotopic (exact) mass is 506 g/mol. The third-order valence-electron chi connectivity index (χ3n) is 5.74. The first kappa shape index (κ1) is 25.5. The molecule has 0 spiro atoms. The fourth-order valence-corrected chi connectivity index (χ4v) is 7.29. The van der Waals surface area contributed by atoms with Gasteiger partial charge in [-0.25, -0.2) is 9.78 Å². The molecule has 2 aromatic carbocycles. The molecule has 4 rings (SSSR count). The van der Waals surface area contributed by atoms with Gasteiger partial charge < -0.3 is 4.74 Å².